The Labute approximate surface area is 99.9 Å². The molecule has 2 atom stereocenters. The van der Waals surface area contributed by atoms with Crippen LogP contribution in [0.3, 0.4) is 0 Å². The normalized spacial score (nSPS) is 24.6. The van der Waals surface area contributed by atoms with E-state index < -0.39 is 10.0 Å². The molecule has 0 bridgehead atoms. The van der Waals surface area contributed by atoms with Crippen LogP contribution in [0.5, 0.6) is 0 Å². The minimum absolute atomic E-state index is 0.137. The highest BCUT2D eigenvalue weighted by atomic mass is 32.2. The highest BCUT2D eigenvalue weighted by molar-refractivity contribution is 7.91. The van der Waals surface area contributed by atoms with E-state index >= 15 is 0 Å². The van der Waals surface area contributed by atoms with Gasteiger partial charge >= 0.3 is 0 Å². The molecule has 1 aliphatic carbocycles. The van der Waals surface area contributed by atoms with E-state index in [2.05, 4.69) is 11.6 Å². The van der Waals surface area contributed by atoms with Gasteiger partial charge in [0.1, 0.15) is 4.21 Å². The van der Waals surface area contributed by atoms with Crippen molar-refractivity contribution in [3.05, 3.63) is 17.0 Å². The van der Waals surface area contributed by atoms with Gasteiger partial charge in [-0.05, 0) is 29.3 Å². The van der Waals surface area contributed by atoms with E-state index in [0.29, 0.717) is 16.7 Å². The SMILES string of the molecule is CCC1CC1NS(=O)(=O)c1cc(CN)cs1. The molecule has 0 aliphatic heterocycles. The smallest absolute Gasteiger partial charge is 0.250 e. The molecule has 3 N–H and O–H groups in total. The fourth-order valence-electron chi connectivity index (χ4n) is 1.70. The number of thiophene rings is 1. The maximum absolute atomic E-state index is 11.9. The van der Waals surface area contributed by atoms with Crippen LogP contribution in [0.25, 0.3) is 0 Å². The van der Waals surface area contributed by atoms with Crippen molar-refractivity contribution in [3.63, 3.8) is 0 Å². The molecule has 1 fully saturated rings. The molecule has 1 saturated carbocycles. The predicted octanol–water partition coefficient (Wildman–Crippen LogP) is 1.28. The minimum atomic E-state index is -3.32. The van der Waals surface area contributed by atoms with Gasteiger partial charge in [0.15, 0.2) is 0 Å². The second kappa shape index (κ2) is 4.44. The molecule has 0 radical (unpaired) electrons. The summed E-state index contributed by atoms with van der Waals surface area (Å²) in [6, 6.07) is 1.79. The first kappa shape index (κ1) is 12.0. The predicted molar refractivity (Wildman–Crippen MR) is 64.7 cm³/mol. The molecule has 1 aromatic rings. The van der Waals surface area contributed by atoms with Crippen molar-refractivity contribution in [2.75, 3.05) is 0 Å². The third-order valence-electron chi connectivity index (χ3n) is 2.88. The number of hydrogen-bond acceptors (Lipinski definition) is 4. The summed E-state index contributed by atoms with van der Waals surface area (Å²) >= 11 is 1.23. The van der Waals surface area contributed by atoms with E-state index in [0.717, 1.165) is 18.4 Å². The maximum atomic E-state index is 11.9. The van der Waals surface area contributed by atoms with E-state index in [-0.39, 0.29) is 6.04 Å². The zero-order chi connectivity index (χ0) is 11.8. The van der Waals surface area contributed by atoms with Crippen LogP contribution in [-0.4, -0.2) is 14.5 Å². The minimum Gasteiger partial charge on any atom is -0.326 e. The molecular weight excluding hydrogens is 244 g/mol. The molecule has 0 aromatic carbocycles. The van der Waals surface area contributed by atoms with Crippen LogP contribution in [0.2, 0.25) is 0 Å². The van der Waals surface area contributed by atoms with Gasteiger partial charge in [-0.1, -0.05) is 13.3 Å². The lowest BCUT2D eigenvalue weighted by atomic mass is 10.3. The van der Waals surface area contributed by atoms with E-state index in [4.69, 9.17) is 5.73 Å². The monoisotopic (exact) mass is 260 g/mol. The van der Waals surface area contributed by atoms with Crippen LogP contribution in [0.1, 0.15) is 25.3 Å². The Balaban J connectivity index is 2.07. The molecule has 4 nitrogen and oxygen atoms in total. The third kappa shape index (κ3) is 2.45. The van der Waals surface area contributed by atoms with Crippen molar-refractivity contribution >= 4 is 21.4 Å². The molecule has 2 unspecified atom stereocenters. The first-order chi connectivity index (χ1) is 7.56. The van der Waals surface area contributed by atoms with E-state index in [1.807, 2.05) is 0 Å². The Bertz CT molecular complexity index is 467. The summed E-state index contributed by atoms with van der Waals surface area (Å²) in [6.07, 6.45) is 2.00. The zero-order valence-electron chi connectivity index (χ0n) is 9.14. The fourth-order valence-corrected chi connectivity index (χ4v) is 4.26. The molecule has 16 heavy (non-hydrogen) atoms. The van der Waals surface area contributed by atoms with Crippen molar-refractivity contribution in [1.82, 2.24) is 4.72 Å². The Kier molecular flexibility index (Phi) is 3.34. The van der Waals surface area contributed by atoms with Crippen molar-refractivity contribution in [2.24, 2.45) is 11.7 Å². The lowest BCUT2D eigenvalue weighted by molar-refractivity contribution is 0.578. The van der Waals surface area contributed by atoms with Gasteiger partial charge in [-0.2, -0.15) is 0 Å². The summed E-state index contributed by atoms with van der Waals surface area (Å²) in [6.45, 7) is 2.46. The standard InChI is InChI=1S/C10H16N2O2S2/c1-2-8-4-9(8)12-16(13,14)10-3-7(5-11)6-15-10/h3,6,8-9,12H,2,4-5,11H2,1H3. The average molecular weight is 260 g/mol. The summed E-state index contributed by atoms with van der Waals surface area (Å²) in [5.74, 6) is 0.517. The topological polar surface area (TPSA) is 72.2 Å². The van der Waals surface area contributed by atoms with Crippen LogP contribution in [0.4, 0.5) is 0 Å². The summed E-state index contributed by atoms with van der Waals surface area (Å²) in [5.41, 5.74) is 6.32. The summed E-state index contributed by atoms with van der Waals surface area (Å²) in [7, 11) is -3.32. The van der Waals surface area contributed by atoms with Crippen molar-refractivity contribution in [1.29, 1.82) is 0 Å². The van der Waals surface area contributed by atoms with Gasteiger partial charge in [0.25, 0.3) is 0 Å². The molecular formula is C10H16N2O2S2. The Morgan fingerprint density at radius 3 is 2.88 bits per heavy atom. The second-order valence-corrected chi connectivity index (χ2v) is 6.96. The van der Waals surface area contributed by atoms with Crippen LogP contribution < -0.4 is 10.5 Å². The van der Waals surface area contributed by atoms with Crippen LogP contribution in [0.15, 0.2) is 15.7 Å². The van der Waals surface area contributed by atoms with Gasteiger partial charge < -0.3 is 5.73 Å². The zero-order valence-corrected chi connectivity index (χ0v) is 10.8. The Hall–Kier alpha value is -0.430. The number of hydrogen-bond donors (Lipinski definition) is 2. The van der Waals surface area contributed by atoms with Gasteiger partial charge in [-0.25, -0.2) is 13.1 Å². The second-order valence-electron chi connectivity index (χ2n) is 4.11. The molecule has 90 valence electrons. The lowest BCUT2D eigenvalue weighted by Gasteiger charge is -2.02. The van der Waals surface area contributed by atoms with Gasteiger partial charge in [0.05, 0.1) is 0 Å². The van der Waals surface area contributed by atoms with Crippen molar-refractivity contribution in [3.8, 4) is 0 Å². The molecule has 6 heteroatoms. The molecule has 2 rings (SSSR count). The average Bonchev–Trinajstić information content (AvgIpc) is 2.81. The maximum Gasteiger partial charge on any atom is 0.250 e. The van der Waals surface area contributed by atoms with Gasteiger partial charge in [-0.15, -0.1) is 11.3 Å². The Morgan fingerprint density at radius 1 is 1.62 bits per heavy atom. The number of nitrogens with two attached hydrogens (primary N) is 1. The molecule has 0 saturated heterocycles. The quantitative estimate of drug-likeness (QED) is 0.837. The largest absolute Gasteiger partial charge is 0.326 e. The first-order valence-corrected chi connectivity index (χ1v) is 7.73. The summed E-state index contributed by atoms with van der Waals surface area (Å²) in [5, 5.41) is 1.79. The summed E-state index contributed by atoms with van der Waals surface area (Å²) < 4.78 is 27.0. The number of rotatable bonds is 5. The molecule has 1 aromatic heterocycles. The van der Waals surface area contributed by atoms with Gasteiger partial charge in [0.2, 0.25) is 10.0 Å². The molecule has 0 amide bonds. The number of nitrogens with one attached hydrogen (secondary N) is 1. The highest BCUT2D eigenvalue weighted by Gasteiger charge is 2.38. The van der Waals surface area contributed by atoms with Crippen LogP contribution in [-0.2, 0) is 16.6 Å². The van der Waals surface area contributed by atoms with Crippen LogP contribution in [0, 0.1) is 5.92 Å². The first-order valence-electron chi connectivity index (χ1n) is 5.36. The van der Waals surface area contributed by atoms with Gasteiger partial charge in [-0.3, -0.25) is 0 Å². The van der Waals surface area contributed by atoms with E-state index in [9.17, 15) is 8.42 Å². The third-order valence-corrected chi connectivity index (χ3v) is 5.86. The van der Waals surface area contributed by atoms with E-state index in [1.54, 1.807) is 11.4 Å². The van der Waals surface area contributed by atoms with Gasteiger partial charge in [0, 0.05) is 12.6 Å². The molecule has 1 aliphatic rings. The number of sulfonamides is 1. The lowest BCUT2D eigenvalue weighted by Crippen LogP contribution is -2.26. The van der Waals surface area contributed by atoms with Crippen molar-refractivity contribution in [2.45, 2.75) is 36.6 Å². The molecule has 1 heterocycles. The van der Waals surface area contributed by atoms with E-state index in [1.165, 1.54) is 11.3 Å². The summed E-state index contributed by atoms with van der Waals surface area (Å²) in [4.78, 5) is 0. The fraction of sp³-hybridized carbons (Fsp3) is 0.600. The molecule has 0 spiro atoms. The van der Waals surface area contributed by atoms with Crippen LogP contribution >= 0.6 is 11.3 Å². The highest BCUT2D eigenvalue weighted by Crippen LogP contribution is 2.34. The Morgan fingerprint density at radius 2 is 2.38 bits per heavy atom. The van der Waals surface area contributed by atoms with Crippen molar-refractivity contribution < 1.29 is 8.42 Å².